The van der Waals surface area contributed by atoms with Crippen molar-refractivity contribution in [2.75, 3.05) is 6.61 Å². The van der Waals surface area contributed by atoms with Gasteiger partial charge in [0.2, 0.25) is 0 Å². The van der Waals surface area contributed by atoms with Crippen molar-refractivity contribution in [2.24, 2.45) is 11.8 Å². The van der Waals surface area contributed by atoms with Gasteiger partial charge in [-0.1, -0.05) is 39.0 Å². The molecule has 0 spiro atoms. The third-order valence-electron chi connectivity index (χ3n) is 3.80. The lowest BCUT2D eigenvalue weighted by Crippen LogP contribution is -2.15. The summed E-state index contributed by atoms with van der Waals surface area (Å²) < 4.78 is 4.93. The summed E-state index contributed by atoms with van der Waals surface area (Å²) in [5.41, 5.74) is 0. The number of hydrogen-bond donors (Lipinski definition) is 0. The van der Waals surface area contributed by atoms with Crippen LogP contribution < -0.4 is 0 Å². The van der Waals surface area contributed by atoms with Gasteiger partial charge in [-0.15, -0.1) is 0 Å². The highest BCUT2D eigenvalue weighted by atomic mass is 16.5. The maximum atomic E-state index is 11.2. The van der Waals surface area contributed by atoms with E-state index in [9.17, 15) is 4.79 Å². The molecule has 0 aromatic rings. The largest absolute Gasteiger partial charge is 0.466 e. The van der Waals surface area contributed by atoms with Gasteiger partial charge in [-0.3, -0.25) is 4.79 Å². The summed E-state index contributed by atoms with van der Waals surface area (Å²) >= 11 is 0. The number of carbonyl (C=O) groups is 1. The minimum absolute atomic E-state index is 0.0293. The van der Waals surface area contributed by atoms with Gasteiger partial charge in [0, 0.05) is 6.42 Å². The smallest absolute Gasteiger partial charge is 0.305 e. The van der Waals surface area contributed by atoms with Crippen LogP contribution in [0, 0.1) is 11.8 Å². The van der Waals surface area contributed by atoms with E-state index >= 15 is 0 Å². The molecule has 0 bridgehead atoms. The van der Waals surface area contributed by atoms with Crippen molar-refractivity contribution in [2.45, 2.75) is 65.2 Å². The van der Waals surface area contributed by atoms with E-state index in [2.05, 4.69) is 6.92 Å². The zero-order chi connectivity index (χ0) is 11.8. The molecule has 0 radical (unpaired) electrons. The summed E-state index contributed by atoms with van der Waals surface area (Å²) in [6.07, 6.45) is 9.83. The van der Waals surface area contributed by atoms with E-state index in [0.29, 0.717) is 13.0 Å². The Balaban J connectivity index is 2.09. The molecule has 0 aliphatic heterocycles. The van der Waals surface area contributed by atoms with Gasteiger partial charge < -0.3 is 4.74 Å². The predicted molar refractivity (Wildman–Crippen MR) is 66.2 cm³/mol. The Morgan fingerprint density at radius 1 is 1.31 bits per heavy atom. The van der Waals surface area contributed by atoms with Crippen LogP contribution in [0.1, 0.15) is 65.2 Å². The fourth-order valence-corrected chi connectivity index (χ4v) is 2.74. The number of rotatable bonds is 6. The normalized spacial score (nSPS) is 19.4. The van der Waals surface area contributed by atoms with Crippen LogP contribution in [-0.4, -0.2) is 12.6 Å². The van der Waals surface area contributed by atoms with E-state index in [-0.39, 0.29) is 5.97 Å². The maximum absolute atomic E-state index is 11.2. The minimum Gasteiger partial charge on any atom is -0.466 e. The average molecular weight is 226 g/mol. The average Bonchev–Trinajstić information content (AvgIpc) is 2.30. The quantitative estimate of drug-likeness (QED) is 0.641. The molecule has 1 atom stereocenters. The van der Waals surface area contributed by atoms with Crippen molar-refractivity contribution >= 4 is 5.97 Å². The summed E-state index contributed by atoms with van der Waals surface area (Å²) in [7, 11) is 0. The molecule has 0 unspecified atom stereocenters. The molecule has 0 saturated heterocycles. The second-order valence-electron chi connectivity index (χ2n) is 5.07. The van der Waals surface area contributed by atoms with E-state index < -0.39 is 0 Å². The molecular weight excluding hydrogens is 200 g/mol. The molecule has 1 aliphatic carbocycles. The molecule has 1 saturated carbocycles. The zero-order valence-corrected chi connectivity index (χ0v) is 10.8. The highest BCUT2D eigenvalue weighted by Gasteiger charge is 2.19. The lowest BCUT2D eigenvalue weighted by atomic mass is 9.79. The van der Waals surface area contributed by atoms with Gasteiger partial charge in [0.15, 0.2) is 0 Å². The van der Waals surface area contributed by atoms with Crippen LogP contribution in [0.4, 0.5) is 0 Å². The van der Waals surface area contributed by atoms with E-state index in [4.69, 9.17) is 4.74 Å². The maximum Gasteiger partial charge on any atom is 0.305 e. The molecule has 0 amide bonds. The molecule has 0 aromatic heterocycles. The van der Waals surface area contributed by atoms with Gasteiger partial charge in [-0.05, 0) is 31.6 Å². The van der Waals surface area contributed by atoms with Crippen molar-refractivity contribution in [3.8, 4) is 0 Å². The Morgan fingerprint density at radius 2 is 2.00 bits per heavy atom. The standard InChI is InChI=1S/C14H26O2/c1-3-16-14(15)11-7-8-12(2)13-9-5-4-6-10-13/h12-13H,3-11H2,1-2H3/t12-/m0/s1. The molecule has 0 aromatic carbocycles. The van der Waals surface area contributed by atoms with Gasteiger partial charge in [0.25, 0.3) is 0 Å². The number of ether oxygens (including phenoxy) is 1. The Labute approximate surface area is 99.8 Å². The SMILES string of the molecule is CCOC(=O)CCC[C@H](C)C1CCCCC1. The van der Waals surface area contributed by atoms with Crippen LogP contribution >= 0.6 is 0 Å². The fraction of sp³-hybridized carbons (Fsp3) is 0.929. The second kappa shape index (κ2) is 7.70. The summed E-state index contributed by atoms with van der Waals surface area (Å²) in [6, 6.07) is 0. The van der Waals surface area contributed by atoms with Gasteiger partial charge in [-0.25, -0.2) is 0 Å². The number of esters is 1. The minimum atomic E-state index is -0.0293. The zero-order valence-electron chi connectivity index (χ0n) is 10.8. The van der Waals surface area contributed by atoms with Crippen LogP contribution in [0.5, 0.6) is 0 Å². The van der Waals surface area contributed by atoms with Gasteiger partial charge in [0.1, 0.15) is 0 Å². The lowest BCUT2D eigenvalue weighted by molar-refractivity contribution is -0.143. The highest BCUT2D eigenvalue weighted by Crippen LogP contribution is 2.32. The third kappa shape index (κ3) is 5.00. The van der Waals surface area contributed by atoms with Gasteiger partial charge >= 0.3 is 5.97 Å². The highest BCUT2D eigenvalue weighted by molar-refractivity contribution is 5.69. The predicted octanol–water partition coefficient (Wildman–Crippen LogP) is 3.94. The third-order valence-corrected chi connectivity index (χ3v) is 3.80. The van der Waals surface area contributed by atoms with Crippen molar-refractivity contribution < 1.29 is 9.53 Å². The molecule has 1 aliphatic rings. The molecule has 16 heavy (non-hydrogen) atoms. The molecule has 1 fully saturated rings. The van der Waals surface area contributed by atoms with Crippen LogP contribution in [0.3, 0.4) is 0 Å². The second-order valence-corrected chi connectivity index (χ2v) is 5.07. The topological polar surface area (TPSA) is 26.3 Å². The van der Waals surface area contributed by atoms with Gasteiger partial charge in [0.05, 0.1) is 6.61 Å². The summed E-state index contributed by atoms with van der Waals surface area (Å²) in [5, 5.41) is 0. The van der Waals surface area contributed by atoms with E-state index in [1.54, 1.807) is 0 Å². The van der Waals surface area contributed by atoms with E-state index in [0.717, 1.165) is 18.3 Å². The molecule has 0 heterocycles. The molecule has 94 valence electrons. The molecule has 0 N–H and O–H groups in total. The Hall–Kier alpha value is -0.530. The molecule has 2 nitrogen and oxygen atoms in total. The van der Waals surface area contributed by atoms with Crippen LogP contribution in [0.25, 0.3) is 0 Å². The number of carbonyl (C=O) groups excluding carboxylic acids is 1. The molecule has 2 heteroatoms. The monoisotopic (exact) mass is 226 g/mol. The van der Waals surface area contributed by atoms with E-state index in [1.165, 1.54) is 38.5 Å². The number of hydrogen-bond acceptors (Lipinski definition) is 2. The van der Waals surface area contributed by atoms with Crippen LogP contribution in [0.15, 0.2) is 0 Å². The first-order valence-electron chi connectivity index (χ1n) is 6.89. The molecular formula is C14H26O2. The van der Waals surface area contributed by atoms with Crippen molar-refractivity contribution in [3.63, 3.8) is 0 Å². The van der Waals surface area contributed by atoms with Crippen molar-refractivity contribution in [1.82, 2.24) is 0 Å². The molecule has 1 rings (SSSR count). The Kier molecular flexibility index (Phi) is 6.51. The van der Waals surface area contributed by atoms with Crippen molar-refractivity contribution in [3.05, 3.63) is 0 Å². The fourth-order valence-electron chi connectivity index (χ4n) is 2.74. The van der Waals surface area contributed by atoms with Gasteiger partial charge in [-0.2, -0.15) is 0 Å². The first kappa shape index (κ1) is 13.5. The summed E-state index contributed by atoms with van der Waals surface area (Å²) in [5.74, 6) is 1.67. The first-order valence-corrected chi connectivity index (χ1v) is 6.89. The Bertz CT molecular complexity index is 195. The lowest BCUT2D eigenvalue weighted by Gasteiger charge is -2.27. The van der Waals surface area contributed by atoms with E-state index in [1.807, 2.05) is 6.92 Å². The van der Waals surface area contributed by atoms with Crippen LogP contribution in [-0.2, 0) is 9.53 Å². The first-order chi connectivity index (χ1) is 7.74. The summed E-state index contributed by atoms with van der Waals surface area (Å²) in [6.45, 7) is 4.72. The Morgan fingerprint density at radius 3 is 2.62 bits per heavy atom. The summed E-state index contributed by atoms with van der Waals surface area (Å²) in [4.78, 5) is 11.2. The van der Waals surface area contributed by atoms with Crippen LogP contribution in [0.2, 0.25) is 0 Å². The van der Waals surface area contributed by atoms with Crippen molar-refractivity contribution in [1.29, 1.82) is 0 Å².